The Bertz CT molecular complexity index is 238. The molecule has 0 amide bonds. The lowest BCUT2D eigenvalue weighted by atomic mass is 9.83. The molecule has 0 saturated carbocycles. The molecule has 2 atom stereocenters. The zero-order valence-electron chi connectivity index (χ0n) is 12.1. The van der Waals surface area contributed by atoms with Gasteiger partial charge in [0.05, 0.1) is 0 Å². The average molecular weight is 240 g/mol. The number of rotatable bonds is 7. The predicted molar refractivity (Wildman–Crippen MR) is 72.8 cm³/mol. The third-order valence-corrected chi connectivity index (χ3v) is 2.85. The van der Waals surface area contributed by atoms with E-state index in [-0.39, 0.29) is 12.1 Å². The van der Waals surface area contributed by atoms with Gasteiger partial charge in [-0.3, -0.25) is 0 Å². The number of ether oxygens (including phenoxy) is 1. The second kappa shape index (κ2) is 7.52. The van der Waals surface area contributed by atoms with E-state index in [0.29, 0.717) is 11.3 Å². The third-order valence-electron chi connectivity index (χ3n) is 2.85. The minimum atomic E-state index is -0.305. The van der Waals surface area contributed by atoms with Crippen LogP contribution in [-0.4, -0.2) is 12.1 Å². The van der Waals surface area contributed by atoms with E-state index in [1.165, 1.54) is 12.5 Å². The van der Waals surface area contributed by atoms with Crippen molar-refractivity contribution < 1.29 is 9.53 Å². The summed E-state index contributed by atoms with van der Waals surface area (Å²) in [4.78, 5) is 11.1. The first kappa shape index (κ1) is 16.2. The molecule has 0 bridgehead atoms. The van der Waals surface area contributed by atoms with Gasteiger partial charge in [0.2, 0.25) is 0 Å². The highest BCUT2D eigenvalue weighted by Crippen LogP contribution is 2.27. The molecule has 2 nitrogen and oxygen atoms in total. The van der Waals surface area contributed by atoms with Crippen LogP contribution in [0.3, 0.4) is 0 Å². The van der Waals surface area contributed by atoms with Crippen molar-refractivity contribution in [2.75, 3.05) is 0 Å². The van der Waals surface area contributed by atoms with Crippen molar-refractivity contribution in [3.63, 3.8) is 0 Å². The van der Waals surface area contributed by atoms with E-state index in [0.717, 1.165) is 19.3 Å². The second-order valence-electron chi connectivity index (χ2n) is 6.12. The molecule has 0 N–H and O–H groups in total. The van der Waals surface area contributed by atoms with Crippen LogP contribution in [0.2, 0.25) is 0 Å². The molecule has 0 aliphatic heterocycles. The van der Waals surface area contributed by atoms with Crippen molar-refractivity contribution in [3.05, 3.63) is 12.7 Å². The monoisotopic (exact) mass is 240 g/mol. The first-order valence-corrected chi connectivity index (χ1v) is 6.61. The molecule has 2 heteroatoms. The second-order valence-corrected chi connectivity index (χ2v) is 6.12. The van der Waals surface area contributed by atoms with Crippen molar-refractivity contribution in [1.29, 1.82) is 0 Å². The number of esters is 1. The molecule has 17 heavy (non-hydrogen) atoms. The summed E-state index contributed by atoms with van der Waals surface area (Å²) >= 11 is 0. The minimum Gasteiger partial charge on any atom is -0.459 e. The largest absolute Gasteiger partial charge is 0.459 e. The summed E-state index contributed by atoms with van der Waals surface area (Å²) in [6.45, 7) is 14.5. The van der Waals surface area contributed by atoms with Gasteiger partial charge in [0.25, 0.3) is 0 Å². The fourth-order valence-electron chi connectivity index (χ4n) is 2.18. The Morgan fingerprint density at radius 1 is 1.35 bits per heavy atom. The van der Waals surface area contributed by atoms with Crippen LogP contribution in [0.15, 0.2) is 12.7 Å². The number of carbonyl (C=O) groups excluding carboxylic acids is 1. The van der Waals surface area contributed by atoms with E-state index in [2.05, 4.69) is 41.2 Å². The van der Waals surface area contributed by atoms with Crippen molar-refractivity contribution in [2.45, 2.75) is 66.4 Å². The topological polar surface area (TPSA) is 26.3 Å². The fraction of sp³-hybridized carbons (Fsp3) is 0.800. The quantitative estimate of drug-likeness (QED) is 0.488. The van der Waals surface area contributed by atoms with Gasteiger partial charge < -0.3 is 4.74 Å². The highest BCUT2D eigenvalue weighted by Gasteiger charge is 2.17. The summed E-state index contributed by atoms with van der Waals surface area (Å²) in [5.41, 5.74) is 0.374. The van der Waals surface area contributed by atoms with E-state index in [4.69, 9.17) is 4.74 Å². The van der Waals surface area contributed by atoms with Crippen molar-refractivity contribution in [3.8, 4) is 0 Å². The Hall–Kier alpha value is -0.790. The summed E-state index contributed by atoms with van der Waals surface area (Å²) in [5, 5.41) is 0. The SMILES string of the molecule is C=CC(=O)OC(CC)CCC(C)CC(C)(C)C. The molecule has 0 heterocycles. The Labute approximate surface area is 106 Å². The number of carbonyl (C=O) groups is 1. The maximum Gasteiger partial charge on any atom is 0.330 e. The molecule has 100 valence electrons. The Balaban J connectivity index is 3.97. The Kier molecular flexibility index (Phi) is 7.17. The van der Waals surface area contributed by atoms with Gasteiger partial charge >= 0.3 is 5.97 Å². The van der Waals surface area contributed by atoms with Crippen molar-refractivity contribution in [1.82, 2.24) is 0 Å². The maximum absolute atomic E-state index is 11.1. The molecule has 0 saturated heterocycles. The van der Waals surface area contributed by atoms with Crippen molar-refractivity contribution >= 4 is 5.97 Å². The van der Waals surface area contributed by atoms with Gasteiger partial charge in [0.1, 0.15) is 6.10 Å². The maximum atomic E-state index is 11.1. The summed E-state index contributed by atoms with van der Waals surface area (Å²) < 4.78 is 5.27. The van der Waals surface area contributed by atoms with Crippen LogP contribution >= 0.6 is 0 Å². The summed E-state index contributed by atoms with van der Waals surface area (Å²) in [6, 6.07) is 0. The van der Waals surface area contributed by atoms with Crippen LogP contribution in [0.4, 0.5) is 0 Å². The van der Waals surface area contributed by atoms with Gasteiger partial charge in [-0.1, -0.05) is 41.2 Å². The molecule has 0 fully saturated rings. The lowest BCUT2D eigenvalue weighted by Crippen LogP contribution is -2.18. The van der Waals surface area contributed by atoms with E-state index < -0.39 is 0 Å². The van der Waals surface area contributed by atoms with Gasteiger partial charge in [-0.2, -0.15) is 0 Å². The first-order chi connectivity index (χ1) is 7.78. The van der Waals surface area contributed by atoms with Gasteiger partial charge in [-0.15, -0.1) is 0 Å². The predicted octanol–water partition coefficient (Wildman–Crippen LogP) is 4.35. The van der Waals surface area contributed by atoms with Crippen LogP contribution in [0.25, 0.3) is 0 Å². The molecule has 0 aliphatic carbocycles. The molecular formula is C15H28O2. The lowest BCUT2D eigenvalue weighted by Gasteiger charge is -2.24. The van der Waals surface area contributed by atoms with Crippen LogP contribution < -0.4 is 0 Å². The molecule has 2 unspecified atom stereocenters. The number of hydrogen-bond donors (Lipinski definition) is 0. The Morgan fingerprint density at radius 2 is 1.94 bits per heavy atom. The van der Waals surface area contributed by atoms with E-state index in [1.807, 2.05) is 0 Å². The zero-order chi connectivity index (χ0) is 13.5. The van der Waals surface area contributed by atoms with E-state index in [1.54, 1.807) is 0 Å². The summed E-state index contributed by atoms with van der Waals surface area (Å²) in [5.74, 6) is 0.367. The highest BCUT2D eigenvalue weighted by molar-refractivity contribution is 5.81. The normalized spacial score (nSPS) is 15.1. The molecule has 0 aliphatic rings. The van der Waals surface area contributed by atoms with Crippen molar-refractivity contribution in [2.24, 2.45) is 11.3 Å². The summed E-state index contributed by atoms with van der Waals surface area (Å²) in [7, 11) is 0. The minimum absolute atomic E-state index is 0.0444. The van der Waals surface area contributed by atoms with Gasteiger partial charge in [-0.05, 0) is 37.0 Å². The molecule has 0 radical (unpaired) electrons. The molecule has 0 aromatic rings. The zero-order valence-corrected chi connectivity index (χ0v) is 12.1. The van der Waals surface area contributed by atoms with E-state index in [9.17, 15) is 4.79 Å². The number of hydrogen-bond acceptors (Lipinski definition) is 2. The van der Waals surface area contributed by atoms with Crippen LogP contribution in [0.1, 0.15) is 60.3 Å². The molecule has 0 aromatic carbocycles. The average Bonchev–Trinajstić information content (AvgIpc) is 2.21. The molecule has 0 spiro atoms. The van der Waals surface area contributed by atoms with Crippen LogP contribution in [0, 0.1) is 11.3 Å². The first-order valence-electron chi connectivity index (χ1n) is 6.61. The highest BCUT2D eigenvalue weighted by atomic mass is 16.5. The van der Waals surface area contributed by atoms with E-state index >= 15 is 0 Å². The van der Waals surface area contributed by atoms with Gasteiger partial charge in [0.15, 0.2) is 0 Å². The molecular weight excluding hydrogens is 212 g/mol. The third kappa shape index (κ3) is 8.96. The van der Waals surface area contributed by atoms with Crippen LogP contribution in [0.5, 0.6) is 0 Å². The lowest BCUT2D eigenvalue weighted by molar-refractivity contribution is -0.143. The fourth-order valence-corrected chi connectivity index (χ4v) is 2.18. The Morgan fingerprint density at radius 3 is 2.35 bits per heavy atom. The van der Waals surface area contributed by atoms with Gasteiger partial charge in [-0.25, -0.2) is 4.79 Å². The standard InChI is InChI=1S/C15H28O2/c1-7-13(17-14(16)8-2)10-9-12(3)11-15(4,5)6/h8,12-13H,2,7,9-11H2,1,3-6H3. The van der Waals surface area contributed by atoms with Gasteiger partial charge in [0, 0.05) is 6.08 Å². The molecule has 0 rings (SSSR count). The van der Waals surface area contributed by atoms with Crippen LogP contribution in [-0.2, 0) is 9.53 Å². The smallest absolute Gasteiger partial charge is 0.330 e. The summed E-state index contributed by atoms with van der Waals surface area (Å²) in [6.07, 6.45) is 5.43. The molecule has 0 aromatic heterocycles.